The number of aliphatic carboxylic acids is 1. The molecule has 0 amide bonds. The molecule has 3 nitrogen and oxygen atoms in total. The average molecular weight is 282 g/mol. The Balaban J connectivity index is 2.46. The van der Waals surface area contributed by atoms with Crippen LogP contribution in [0.25, 0.3) is 0 Å². The fourth-order valence-corrected chi connectivity index (χ4v) is 2.65. The van der Waals surface area contributed by atoms with E-state index in [0.717, 1.165) is 11.1 Å². The van der Waals surface area contributed by atoms with Crippen molar-refractivity contribution in [3.05, 3.63) is 71.8 Å². The molecule has 2 atom stereocenters. The molecule has 0 spiro atoms. The van der Waals surface area contributed by atoms with Crippen LogP contribution in [0.2, 0.25) is 0 Å². The number of carboxylic acids is 1. The third kappa shape index (κ3) is 3.78. The summed E-state index contributed by atoms with van der Waals surface area (Å²) in [7, 11) is 0. The van der Waals surface area contributed by atoms with Crippen molar-refractivity contribution in [2.24, 2.45) is 0 Å². The van der Waals surface area contributed by atoms with Crippen LogP contribution in [0.3, 0.4) is 0 Å². The van der Waals surface area contributed by atoms with Gasteiger partial charge in [0, 0.05) is 12.3 Å². The Hall–Kier alpha value is -2.42. The van der Waals surface area contributed by atoms with E-state index in [1.807, 2.05) is 48.5 Å². The van der Waals surface area contributed by atoms with Crippen molar-refractivity contribution in [2.75, 3.05) is 0 Å². The molecular formula is C18H18O3. The predicted molar refractivity (Wildman–Crippen MR) is 81.3 cm³/mol. The van der Waals surface area contributed by atoms with E-state index in [-0.39, 0.29) is 18.1 Å². The van der Waals surface area contributed by atoms with Crippen molar-refractivity contribution >= 4 is 11.8 Å². The fraction of sp³-hybridized carbons (Fsp3) is 0.222. The summed E-state index contributed by atoms with van der Waals surface area (Å²) in [6.45, 7) is 1.50. The van der Waals surface area contributed by atoms with Gasteiger partial charge >= 0.3 is 5.97 Å². The van der Waals surface area contributed by atoms with Gasteiger partial charge in [-0.3, -0.25) is 4.79 Å². The van der Waals surface area contributed by atoms with Gasteiger partial charge in [0.15, 0.2) is 0 Å². The molecule has 0 aliphatic heterocycles. The van der Waals surface area contributed by atoms with E-state index in [1.54, 1.807) is 12.1 Å². The van der Waals surface area contributed by atoms with Crippen LogP contribution in [-0.4, -0.2) is 16.9 Å². The molecule has 0 saturated heterocycles. The summed E-state index contributed by atoms with van der Waals surface area (Å²) in [5.74, 6) is -2.00. The summed E-state index contributed by atoms with van der Waals surface area (Å²) >= 11 is 0. The first-order chi connectivity index (χ1) is 10.1. The highest BCUT2D eigenvalue weighted by atomic mass is 16.4. The van der Waals surface area contributed by atoms with E-state index < -0.39 is 11.9 Å². The Morgan fingerprint density at radius 2 is 1.38 bits per heavy atom. The molecule has 0 bridgehead atoms. The molecule has 0 saturated carbocycles. The third-order valence-corrected chi connectivity index (χ3v) is 3.56. The van der Waals surface area contributed by atoms with Crippen LogP contribution >= 0.6 is 0 Å². The second kappa shape index (κ2) is 6.84. The molecule has 2 rings (SSSR count). The van der Waals surface area contributed by atoms with Crippen molar-refractivity contribution < 1.29 is 14.7 Å². The van der Waals surface area contributed by atoms with Crippen molar-refractivity contribution in [1.82, 2.24) is 0 Å². The fourth-order valence-electron chi connectivity index (χ4n) is 2.65. The quantitative estimate of drug-likeness (QED) is 0.880. The second-order valence-electron chi connectivity index (χ2n) is 5.15. The number of hydrogen-bond acceptors (Lipinski definition) is 2. The summed E-state index contributed by atoms with van der Waals surface area (Å²) in [6.07, 6.45) is 0.218. The number of benzene rings is 2. The van der Waals surface area contributed by atoms with E-state index in [0.29, 0.717) is 0 Å². The number of carboxylic acid groups (broad SMARTS) is 1. The topological polar surface area (TPSA) is 54.4 Å². The summed E-state index contributed by atoms with van der Waals surface area (Å²) in [5.41, 5.74) is 1.60. The van der Waals surface area contributed by atoms with Crippen LogP contribution in [0.1, 0.15) is 36.3 Å². The summed E-state index contributed by atoms with van der Waals surface area (Å²) in [4.78, 5) is 23.4. The average Bonchev–Trinajstić information content (AvgIpc) is 2.48. The predicted octanol–water partition coefficient (Wildman–Crippen LogP) is 3.62. The zero-order valence-corrected chi connectivity index (χ0v) is 11.9. The maximum absolute atomic E-state index is 11.8. The minimum atomic E-state index is -0.906. The summed E-state index contributed by atoms with van der Waals surface area (Å²) < 4.78 is 0. The first-order valence-corrected chi connectivity index (χ1v) is 6.91. The van der Waals surface area contributed by atoms with Gasteiger partial charge in [-0.25, -0.2) is 0 Å². The van der Waals surface area contributed by atoms with Crippen LogP contribution in [0.15, 0.2) is 60.7 Å². The smallest absolute Gasteiger partial charge is 0.311 e. The van der Waals surface area contributed by atoms with Gasteiger partial charge in [0.2, 0.25) is 0 Å². The Bertz CT molecular complexity index is 605. The van der Waals surface area contributed by atoms with Gasteiger partial charge in [0.25, 0.3) is 0 Å². The van der Waals surface area contributed by atoms with Crippen molar-refractivity contribution in [3.63, 3.8) is 0 Å². The molecule has 1 N–H and O–H groups in total. The van der Waals surface area contributed by atoms with E-state index in [4.69, 9.17) is 0 Å². The van der Waals surface area contributed by atoms with Crippen LogP contribution in [-0.2, 0) is 9.59 Å². The molecule has 0 aliphatic carbocycles. The SMILES string of the molecule is CC(=O)CC(c1ccccc1)C(C(=O)O)c1ccccc1. The van der Waals surface area contributed by atoms with E-state index in [2.05, 4.69) is 0 Å². The normalized spacial score (nSPS) is 13.4. The van der Waals surface area contributed by atoms with Gasteiger partial charge in [-0.05, 0) is 18.1 Å². The molecule has 21 heavy (non-hydrogen) atoms. The van der Waals surface area contributed by atoms with Crippen LogP contribution in [0.4, 0.5) is 0 Å². The Labute approximate surface area is 124 Å². The van der Waals surface area contributed by atoms with Gasteiger partial charge in [-0.1, -0.05) is 60.7 Å². The van der Waals surface area contributed by atoms with E-state index >= 15 is 0 Å². The third-order valence-electron chi connectivity index (χ3n) is 3.56. The monoisotopic (exact) mass is 282 g/mol. The van der Waals surface area contributed by atoms with Gasteiger partial charge < -0.3 is 9.90 Å². The largest absolute Gasteiger partial charge is 0.481 e. The highest BCUT2D eigenvalue weighted by Gasteiger charge is 2.31. The zero-order valence-electron chi connectivity index (χ0n) is 11.9. The van der Waals surface area contributed by atoms with Crippen molar-refractivity contribution in [2.45, 2.75) is 25.2 Å². The Morgan fingerprint density at radius 3 is 1.81 bits per heavy atom. The van der Waals surface area contributed by atoms with E-state index in [1.165, 1.54) is 6.92 Å². The number of carbonyl (C=O) groups is 2. The molecule has 2 aromatic rings. The van der Waals surface area contributed by atoms with Crippen molar-refractivity contribution in [1.29, 1.82) is 0 Å². The molecule has 3 heteroatoms. The highest BCUT2D eigenvalue weighted by molar-refractivity contribution is 5.81. The second-order valence-corrected chi connectivity index (χ2v) is 5.15. The maximum Gasteiger partial charge on any atom is 0.311 e. The lowest BCUT2D eigenvalue weighted by Crippen LogP contribution is -2.22. The minimum Gasteiger partial charge on any atom is -0.481 e. The standard InChI is InChI=1S/C18H18O3/c1-13(19)12-16(14-8-4-2-5-9-14)17(18(20)21)15-10-6-3-7-11-15/h2-11,16-17H,12H2,1H3,(H,20,21). The van der Waals surface area contributed by atoms with E-state index in [9.17, 15) is 14.7 Å². The molecule has 2 aromatic carbocycles. The molecule has 0 heterocycles. The summed E-state index contributed by atoms with van der Waals surface area (Å²) in [5, 5.41) is 9.66. The molecule has 0 radical (unpaired) electrons. The number of ketones is 1. The molecule has 0 fully saturated rings. The first kappa shape index (κ1) is 15.0. The lowest BCUT2D eigenvalue weighted by Gasteiger charge is -2.24. The molecule has 108 valence electrons. The Kier molecular flexibility index (Phi) is 4.88. The maximum atomic E-state index is 11.8. The number of hydrogen-bond donors (Lipinski definition) is 1. The van der Waals surface area contributed by atoms with Gasteiger partial charge in [0.05, 0.1) is 5.92 Å². The Morgan fingerprint density at radius 1 is 0.905 bits per heavy atom. The van der Waals surface area contributed by atoms with Crippen LogP contribution in [0, 0.1) is 0 Å². The van der Waals surface area contributed by atoms with Crippen LogP contribution < -0.4 is 0 Å². The van der Waals surface area contributed by atoms with Gasteiger partial charge in [0.1, 0.15) is 5.78 Å². The molecule has 0 aliphatic rings. The first-order valence-electron chi connectivity index (χ1n) is 6.91. The molecular weight excluding hydrogens is 264 g/mol. The lowest BCUT2D eigenvalue weighted by atomic mass is 9.78. The lowest BCUT2D eigenvalue weighted by molar-refractivity contribution is -0.139. The number of rotatable bonds is 6. The molecule has 2 unspecified atom stereocenters. The zero-order chi connectivity index (χ0) is 15.2. The van der Waals surface area contributed by atoms with Crippen LogP contribution in [0.5, 0.6) is 0 Å². The van der Waals surface area contributed by atoms with Gasteiger partial charge in [-0.15, -0.1) is 0 Å². The van der Waals surface area contributed by atoms with Crippen molar-refractivity contribution in [3.8, 4) is 0 Å². The minimum absolute atomic E-state index is 0.00830. The number of carbonyl (C=O) groups excluding carboxylic acids is 1. The van der Waals surface area contributed by atoms with Gasteiger partial charge in [-0.2, -0.15) is 0 Å². The number of Topliss-reactive ketones (excluding diaryl/α,β-unsaturated/α-hetero) is 1. The highest BCUT2D eigenvalue weighted by Crippen LogP contribution is 2.36. The summed E-state index contributed by atoms with van der Waals surface area (Å²) in [6, 6.07) is 18.5. The molecule has 0 aromatic heterocycles.